The van der Waals surface area contributed by atoms with Crippen molar-refractivity contribution in [1.29, 1.82) is 0 Å². The second kappa shape index (κ2) is 4.61. The fraction of sp³-hybridized carbons (Fsp3) is 0.154. The summed E-state index contributed by atoms with van der Waals surface area (Å²) in [4.78, 5) is 27.7. The highest BCUT2D eigenvalue weighted by atomic mass is 35.5. The van der Waals surface area contributed by atoms with E-state index in [0.29, 0.717) is 17.0 Å². The van der Waals surface area contributed by atoms with E-state index in [2.05, 4.69) is 4.98 Å². The Hall–Kier alpha value is -1.85. The van der Waals surface area contributed by atoms with Crippen LogP contribution < -0.4 is 5.73 Å². The number of carbonyl (C=O) groups is 2. The number of aromatic nitrogens is 2. The second-order valence-corrected chi connectivity index (χ2v) is 5.29. The first-order valence-corrected chi connectivity index (χ1v) is 6.60. The molecule has 102 valence electrons. The molecular weight excluding hydrogens is 301 g/mol. The van der Waals surface area contributed by atoms with Gasteiger partial charge in [0.05, 0.1) is 10.0 Å². The average Bonchev–Trinajstić information content (AvgIpc) is 2.99. The Morgan fingerprint density at radius 3 is 2.85 bits per heavy atom. The number of hydrogen-bond donors (Lipinski definition) is 1. The van der Waals surface area contributed by atoms with Crippen molar-refractivity contribution in [2.45, 2.75) is 12.5 Å². The van der Waals surface area contributed by atoms with Crippen molar-refractivity contribution in [3.63, 3.8) is 0 Å². The molecule has 20 heavy (non-hydrogen) atoms. The van der Waals surface area contributed by atoms with Gasteiger partial charge in [-0.2, -0.15) is 0 Å². The van der Waals surface area contributed by atoms with Gasteiger partial charge in [0.25, 0.3) is 5.91 Å². The fourth-order valence-electron chi connectivity index (χ4n) is 2.47. The number of amides is 1. The van der Waals surface area contributed by atoms with Gasteiger partial charge < -0.3 is 10.3 Å². The number of nitrogens with two attached hydrogens (primary N) is 1. The molecule has 1 aromatic carbocycles. The number of benzene rings is 1. The Kier molecular flexibility index (Phi) is 3.03. The molecule has 1 amide bonds. The number of primary amides is 1. The van der Waals surface area contributed by atoms with Crippen LogP contribution in [-0.4, -0.2) is 21.2 Å². The first-order valence-electron chi connectivity index (χ1n) is 5.84. The van der Waals surface area contributed by atoms with Crippen LogP contribution in [0.25, 0.3) is 0 Å². The third-order valence-electron chi connectivity index (χ3n) is 3.37. The Labute approximate surface area is 124 Å². The molecule has 0 fully saturated rings. The minimum atomic E-state index is -0.678. The van der Waals surface area contributed by atoms with Gasteiger partial charge in [-0.25, -0.2) is 4.98 Å². The quantitative estimate of drug-likeness (QED) is 0.924. The summed E-state index contributed by atoms with van der Waals surface area (Å²) in [7, 11) is 0. The largest absolute Gasteiger partial charge is 0.363 e. The van der Waals surface area contributed by atoms with Gasteiger partial charge in [0.15, 0.2) is 11.6 Å². The van der Waals surface area contributed by atoms with Gasteiger partial charge >= 0.3 is 0 Å². The van der Waals surface area contributed by atoms with Crippen LogP contribution in [0.1, 0.15) is 32.6 Å². The summed E-state index contributed by atoms with van der Waals surface area (Å²) in [5.74, 6) is -0.811. The SMILES string of the molecule is NC(=O)c1nccn1C1Cc2ccc(Cl)c(Cl)c2C1=O. The zero-order chi connectivity index (χ0) is 14.4. The van der Waals surface area contributed by atoms with Crippen LogP contribution in [0.2, 0.25) is 10.0 Å². The van der Waals surface area contributed by atoms with Crippen LogP contribution in [0.5, 0.6) is 0 Å². The Morgan fingerprint density at radius 2 is 2.15 bits per heavy atom. The van der Waals surface area contributed by atoms with Gasteiger partial charge in [0, 0.05) is 24.4 Å². The van der Waals surface area contributed by atoms with Crippen molar-refractivity contribution in [2.24, 2.45) is 5.73 Å². The van der Waals surface area contributed by atoms with Crippen molar-refractivity contribution < 1.29 is 9.59 Å². The van der Waals surface area contributed by atoms with Crippen LogP contribution in [0.4, 0.5) is 0 Å². The molecule has 1 unspecified atom stereocenters. The monoisotopic (exact) mass is 309 g/mol. The highest BCUT2D eigenvalue weighted by molar-refractivity contribution is 6.44. The lowest BCUT2D eigenvalue weighted by Crippen LogP contribution is -2.24. The molecule has 2 aromatic rings. The molecule has 1 heterocycles. The number of rotatable bonds is 2. The number of imidazole rings is 1. The third kappa shape index (κ3) is 1.82. The van der Waals surface area contributed by atoms with Crippen molar-refractivity contribution in [2.75, 3.05) is 0 Å². The van der Waals surface area contributed by atoms with Gasteiger partial charge in [-0.1, -0.05) is 29.3 Å². The molecule has 0 saturated heterocycles. The number of ketones is 1. The van der Waals surface area contributed by atoms with Crippen LogP contribution in [0.15, 0.2) is 24.5 Å². The van der Waals surface area contributed by atoms with E-state index in [1.807, 2.05) is 0 Å². The van der Waals surface area contributed by atoms with Gasteiger partial charge in [-0.05, 0) is 11.6 Å². The Morgan fingerprint density at radius 1 is 1.40 bits per heavy atom. The molecule has 2 N–H and O–H groups in total. The van der Waals surface area contributed by atoms with E-state index >= 15 is 0 Å². The summed E-state index contributed by atoms with van der Waals surface area (Å²) in [6.45, 7) is 0. The van der Waals surface area contributed by atoms with Crippen molar-refractivity contribution in [1.82, 2.24) is 9.55 Å². The standard InChI is InChI=1S/C13H9Cl2N3O2/c14-7-2-1-6-5-8(11(19)9(6)10(7)15)18-4-3-17-13(18)12(16)20/h1-4,8H,5H2,(H2,16,20). The van der Waals surface area contributed by atoms with Crippen molar-refractivity contribution in [3.8, 4) is 0 Å². The van der Waals surface area contributed by atoms with Gasteiger partial charge in [-0.3, -0.25) is 9.59 Å². The number of fused-ring (bicyclic) bond motifs is 1. The van der Waals surface area contributed by atoms with Crippen LogP contribution >= 0.6 is 23.2 Å². The summed E-state index contributed by atoms with van der Waals surface area (Å²) >= 11 is 12.0. The molecule has 1 aliphatic carbocycles. The van der Waals surface area contributed by atoms with Crippen molar-refractivity contribution in [3.05, 3.63) is 51.5 Å². The van der Waals surface area contributed by atoms with Gasteiger partial charge in [0.2, 0.25) is 0 Å². The summed E-state index contributed by atoms with van der Waals surface area (Å²) < 4.78 is 1.48. The topological polar surface area (TPSA) is 78.0 Å². The summed E-state index contributed by atoms with van der Waals surface area (Å²) in [6, 6.07) is 2.86. The lowest BCUT2D eigenvalue weighted by molar-refractivity contribution is 0.0932. The summed E-state index contributed by atoms with van der Waals surface area (Å²) in [5, 5.41) is 0.581. The predicted molar refractivity (Wildman–Crippen MR) is 74.3 cm³/mol. The van der Waals surface area contributed by atoms with E-state index in [-0.39, 0.29) is 16.6 Å². The molecule has 0 saturated carbocycles. The van der Waals surface area contributed by atoms with Crippen molar-refractivity contribution >= 4 is 34.9 Å². The number of Topliss-reactive ketones (excluding diaryl/α,β-unsaturated/α-hetero) is 1. The van der Waals surface area contributed by atoms with Gasteiger partial charge in [-0.15, -0.1) is 0 Å². The first kappa shape index (κ1) is 13.1. The molecule has 0 radical (unpaired) electrons. The lowest BCUT2D eigenvalue weighted by Gasteiger charge is -2.12. The molecule has 1 atom stereocenters. The molecule has 0 bridgehead atoms. The highest BCUT2D eigenvalue weighted by Gasteiger charge is 2.35. The molecule has 5 nitrogen and oxygen atoms in total. The minimum absolute atomic E-state index is 0.0541. The third-order valence-corrected chi connectivity index (χ3v) is 4.17. The maximum Gasteiger partial charge on any atom is 0.284 e. The molecule has 0 aliphatic heterocycles. The van der Waals surface area contributed by atoms with E-state index in [1.165, 1.54) is 10.8 Å². The summed E-state index contributed by atoms with van der Waals surface area (Å²) in [6.07, 6.45) is 3.43. The van der Waals surface area contributed by atoms with Crippen LogP contribution in [0.3, 0.4) is 0 Å². The van der Waals surface area contributed by atoms with E-state index in [1.54, 1.807) is 18.3 Å². The molecule has 1 aromatic heterocycles. The molecule has 3 rings (SSSR count). The summed E-state index contributed by atoms with van der Waals surface area (Å²) in [5.41, 5.74) is 6.47. The zero-order valence-corrected chi connectivity index (χ0v) is 11.6. The molecule has 0 spiro atoms. The lowest BCUT2D eigenvalue weighted by atomic mass is 10.1. The maximum absolute atomic E-state index is 12.5. The number of nitrogens with zero attached hydrogens (tertiary/aromatic N) is 2. The Balaban J connectivity index is 2.09. The van der Waals surface area contributed by atoms with E-state index < -0.39 is 11.9 Å². The van der Waals surface area contributed by atoms with E-state index in [9.17, 15) is 9.59 Å². The normalized spacial score (nSPS) is 17.3. The zero-order valence-electron chi connectivity index (χ0n) is 10.1. The highest BCUT2D eigenvalue weighted by Crippen LogP contribution is 2.38. The van der Waals surface area contributed by atoms with Gasteiger partial charge in [0.1, 0.15) is 6.04 Å². The second-order valence-electron chi connectivity index (χ2n) is 4.50. The maximum atomic E-state index is 12.5. The Bertz CT molecular complexity index is 739. The molecule has 1 aliphatic rings. The molecule has 7 heteroatoms. The van der Waals surface area contributed by atoms with E-state index in [0.717, 1.165) is 5.56 Å². The van der Waals surface area contributed by atoms with E-state index in [4.69, 9.17) is 28.9 Å². The fourth-order valence-corrected chi connectivity index (χ4v) is 2.91. The van der Waals surface area contributed by atoms with Crippen LogP contribution in [0, 0.1) is 0 Å². The minimum Gasteiger partial charge on any atom is -0.363 e. The number of halogens is 2. The number of carbonyl (C=O) groups excluding carboxylic acids is 2. The first-order chi connectivity index (χ1) is 9.50. The molecular formula is C13H9Cl2N3O2. The average molecular weight is 310 g/mol. The smallest absolute Gasteiger partial charge is 0.284 e. The predicted octanol–water partition coefficient (Wildman–Crippen LogP) is 2.27. The number of hydrogen-bond acceptors (Lipinski definition) is 3. The van der Waals surface area contributed by atoms with Crippen LogP contribution in [-0.2, 0) is 6.42 Å².